The zero-order valence-corrected chi connectivity index (χ0v) is 11.4. The molecule has 20 heavy (non-hydrogen) atoms. The minimum absolute atomic E-state index is 0.249. The zero-order valence-electron chi connectivity index (χ0n) is 10.6. The van der Waals surface area contributed by atoms with Crippen molar-refractivity contribution in [2.24, 2.45) is 0 Å². The Morgan fingerprint density at radius 1 is 1.10 bits per heavy atom. The maximum atomic E-state index is 12.1. The van der Waals surface area contributed by atoms with Crippen molar-refractivity contribution in [1.29, 1.82) is 5.26 Å². The van der Waals surface area contributed by atoms with Crippen LogP contribution in [0, 0.1) is 11.3 Å². The molecule has 2 aromatic rings. The number of nitrogens with zero attached hydrogens (tertiary/aromatic N) is 1. The van der Waals surface area contributed by atoms with Gasteiger partial charge in [0.2, 0.25) is 10.0 Å². The van der Waals surface area contributed by atoms with Crippen molar-refractivity contribution in [1.82, 2.24) is 0 Å². The first-order valence-corrected chi connectivity index (χ1v) is 7.49. The zero-order chi connectivity index (χ0) is 14.6. The van der Waals surface area contributed by atoms with Gasteiger partial charge in [-0.25, -0.2) is 8.42 Å². The fraction of sp³-hybridized carbons (Fsp3) is 0.0714. The molecule has 0 heterocycles. The first-order chi connectivity index (χ1) is 9.50. The van der Waals surface area contributed by atoms with E-state index < -0.39 is 10.0 Å². The van der Waals surface area contributed by atoms with Gasteiger partial charge in [0.25, 0.3) is 0 Å². The van der Waals surface area contributed by atoms with Crippen LogP contribution >= 0.6 is 0 Å². The molecule has 0 aromatic heterocycles. The Morgan fingerprint density at radius 2 is 1.75 bits per heavy atom. The van der Waals surface area contributed by atoms with Crippen LogP contribution in [-0.4, -0.2) is 8.42 Å². The van der Waals surface area contributed by atoms with Crippen molar-refractivity contribution in [3.05, 3.63) is 59.7 Å². The molecule has 0 amide bonds. The van der Waals surface area contributed by atoms with Crippen LogP contribution in [0.5, 0.6) is 0 Å². The summed E-state index contributed by atoms with van der Waals surface area (Å²) in [6.45, 7) is 0. The Hall–Kier alpha value is -2.52. The van der Waals surface area contributed by atoms with Gasteiger partial charge >= 0.3 is 0 Å². The Balaban J connectivity index is 2.19. The number of sulfonamides is 1. The first kappa shape index (κ1) is 13.9. The Labute approximate surface area is 117 Å². The molecule has 102 valence electrons. The van der Waals surface area contributed by atoms with Crippen LogP contribution in [-0.2, 0) is 15.8 Å². The summed E-state index contributed by atoms with van der Waals surface area (Å²) in [5.74, 6) is -0.249. The lowest BCUT2D eigenvalue weighted by molar-refractivity contribution is 0.600. The fourth-order valence-electron chi connectivity index (χ4n) is 1.73. The molecule has 2 aromatic carbocycles. The van der Waals surface area contributed by atoms with E-state index in [4.69, 9.17) is 11.0 Å². The summed E-state index contributed by atoms with van der Waals surface area (Å²) < 4.78 is 26.6. The number of nitrogen functional groups attached to an aromatic ring is 1. The monoisotopic (exact) mass is 287 g/mol. The van der Waals surface area contributed by atoms with Crippen molar-refractivity contribution in [2.75, 3.05) is 10.5 Å². The Kier molecular flexibility index (Phi) is 3.91. The molecule has 0 unspecified atom stereocenters. The molecule has 2 rings (SSSR count). The normalized spacial score (nSPS) is 10.8. The quantitative estimate of drug-likeness (QED) is 0.841. The largest absolute Gasteiger partial charge is 0.399 e. The van der Waals surface area contributed by atoms with Crippen LogP contribution in [0.1, 0.15) is 11.1 Å². The highest BCUT2D eigenvalue weighted by Gasteiger charge is 2.14. The van der Waals surface area contributed by atoms with Gasteiger partial charge in [-0.15, -0.1) is 0 Å². The third kappa shape index (κ3) is 3.49. The molecule has 3 N–H and O–H groups in total. The number of nitrogens with one attached hydrogen (secondary N) is 1. The molecule has 0 saturated carbocycles. The maximum Gasteiger partial charge on any atom is 0.236 e. The second kappa shape index (κ2) is 5.63. The summed E-state index contributed by atoms with van der Waals surface area (Å²) in [4.78, 5) is 0. The van der Waals surface area contributed by atoms with Gasteiger partial charge < -0.3 is 5.73 Å². The standard InChI is InChI=1S/C14H13N3O2S/c15-9-11-3-1-2-4-12(11)10-20(18,19)17-14-7-5-13(16)6-8-14/h1-8,17H,10,16H2. The molecule has 6 heteroatoms. The summed E-state index contributed by atoms with van der Waals surface area (Å²) >= 11 is 0. The van der Waals surface area contributed by atoms with Gasteiger partial charge in [-0.3, -0.25) is 4.72 Å². The first-order valence-electron chi connectivity index (χ1n) is 5.84. The van der Waals surface area contributed by atoms with Crippen molar-refractivity contribution in [2.45, 2.75) is 5.75 Å². The number of nitrogens with two attached hydrogens (primary N) is 1. The molecular weight excluding hydrogens is 274 g/mol. The summed E-state index contributed by atoms with van der Waals surface area (Å²) in [7, 11) is -3.58. The number of hydrogen-bond acceptors (Lipinski definition) is 4. The summed E-state index contributed by atoms with van der Waals surface area (Å²) in [5.41, 5.74) is 7.36. The fourth-order valence-corrected chi connectivity index (χ4v) is 2.96. The lowest BCUT2D eigenvalue weighted by atomic mass is 10.1. The van der Waals surface area contributed by atoms with E-state index >= 15 is 0 Å². The van der Waals surface area contributed by atoms with Gasteiger partial charge in [-0.2, -0.15) is 5.26 Å². The summed E-state index contributed by atoms with van der Waals surface area (Å²) in [6, 6.07) is 15.0. The van der Waals surface area contributed by atoms with Crippen LogP contribution in [0.2, 0.25) is 0 Å². The molecule has 0 atom stereocenters. The lowest BCUT2D eigenvalue weighted by Gasteiger charge is -2.09. The van der Waals surface area contributed by atoms with Gasteiger partial charge in [0.05, 0.1) is 17.4 Å². The number of nitriles is 1. The van der Waals surface area contributed by atoms with E-state index in [1.165, 1.54) is 0 Å². The highest BCUT2D eigenvalue weighted by atomic mass is 32.2. The average molecular weight is 287 g/mol. The van der Waals surface area contributed by atoms with Crippen molar-refractivity contribution in [3.8, 4) is 6.07 Å². The molecule has 0 radical (unpaired) electrons. The highest BCUT2D eigenvalue weighted by molar-refractivity contribution is 7.91. The van der Waals surface area contributed by atoms with Crippen LogP contribution in [0.3, 0.4) is 0 Å². The minimum atomic E-state index is -3.58. The van der Waals surface area contributed by atoms with Crippen LogP contribution in [0.25, 0.3) is 0 Å². The number of hydrogen-bond donors (Lipinski definition) is 2. The second-order valence-electron chi connectivity index (χ2n) is 4.25. The lowest BCUT2D eigenvalue weighted by Crippen LogP contribution is -2.15. The molecule has 5 nitrogen and oxygen atoms in total. The van der Waals surface area contributed by atoms with E-state index in [1.54, 1.807) is 48.5 Å². The third-order valence-electron chi connectivity index (χ3n) is 2.67. The molecule has 0 saturated heterocycles. The average Bonchev–Trinajstić information content (AvgIpc) is 2.41. The number of anilines is 2. The summed E-state index contributed by atoms with van der Waals surface area (Å²) in [6.07, 6.45) is 0. The van der Waals surface area contributed by atoms with E-state index in [0.717, 1.165) is 0 Å². The topological polar surface area (TPSA) is 96.0 Å². The molecular formula is C14H13N3O2S. The molecule has 0 bridgehead atoms. The van der Waals surface area contributed by atoms with Crippen LogP contribution < -0.4 is 10.5 Å². The predicted molar refractivity (Wildman–Crippen MR) is 78.3 cm³/mol. The van der Waals surface area contributed by atoms with Gasteiger partial charge in [-0.05, 0) is 35.9 Å². The van der Waals surface area contributed by atoms with E-state index in [9.17, 15) is 8.42 Å². The molecule has 0 fully saturated rings. The van der Waals surface area contributed by atoms with Gasteiger partial charge in [0.15, 0.2) is 0 Å². The van der Waals surface area contributed by atoms with E-state index in [0.29, 0.717) is 22.5 Å². The Bertz CT molecular complexity index is 747. The number of benzene rings is 2. The highest BCUT2D eigenvalue weighted by Crippen LogP contribution is 2.16. The predicted octanol–water partition coefficient (Wildman–Crippen LogP) is 2.08. The molecule has 0 spiro atoms. The van der Waals surface area contributed by atoms with E-state index in [2.05, 4.69) is 4.72 Å². The molecule has 0 aliphatic rings. The van der Waals surface area contributed by atoms with E-state index in [1.807, 2.05) is 6.07 Å². The second-order valence-corrected chi connectivity index (χ2v) is 5.97. The van der Waals surface area contributed by atoms with Gasteiger partial charge in [-0.1, -0.05) is 18.2 Å². The van der Waals surface area contributed by atoms with Crippen molar-refractivity contribution >= 4 is 21.4 Å². The number of rotatable bonds is 4. The van der Waals surface area contributed by atoms with Crippen molar-refractivity contribution in [3.63, 3.8) is 0 Å². The minimum Gasteiger partial charge on any atom is -0.399 e. The van der Waals surface area contributed by atoms with Crippen LogP contribution in [0.15, 0.2) is 48.5 Å². The van der Waals surface area contributed by atoms with Crippen molar-refractivity contribution < 1.29 is 8.42 Å². The van der Waals surface area contributed by atoms with Gasteiger partial charge in [0, 0.05) is 11.4 Å². The SMILES string of the molecule is N#Cc1ccccc1CS(=O)(=O)Nc1ccc(N)cc1. The molecule has 0 aliphatic heterocycles. The van der Waals surface area contributed by atoms with E-state index in [-0.39, 0.29) is 5.75 Å². The third-order valence-corrected chi connectivity index (χ3v) is 3.91. The van der Waals surface area contributed by atoms with Crippen LogP contribution in [0.4, 0.5) is 11.4 Å². The molecule has 0 aliphatic carbocycles. The maximum absolute atomic E-state index is 12.1. The Morgan fingerprint density at radius 3 is 2.40 bits per heavy atom. The summed E-state index contributed by atoms with van der Waals surface area (Å²) in [5, 5.41) is 8.96. The smallest absolute Gasteiger partial charge is 0.236 e. The van der Waals surface area contributed by atoms with Gasteiger partial charge in [0.1, 0.15) is 0 Å².